The Labute approximate surface area is 116 Å². The Bertz CT molecular complexity index is 399. The van der Waals surface area contributed by atoms with Crippen molar-refractivity contribution >= 4 is 5.82 Å². The van der Waals surface area contributed by atoms with Crippen LogP contribution in [0.2, 0.25) is 0 Å². The van der Waals surface area contributed by atoms with Crippen molar-refractivity contribution < 1.29 is 0 Å². The Hall–Kier alpha value is -1.16. The molecule has 0 bridgehead atoms. The van der Waals surface area contributed by atoms with E-state index in [1.54, 1.807) is 0 Å². The molecule has 1 aromatic rings. The van der Waals surface area contributed by atoms with Gasteiger partial charge in [0.2, 0.25) is 0 Å². The number of nitrogens with one attached hydrogen (secondary N) is 1. The first-order valence-electron chi connectivity index (χ1n) is 7.54. The van der Waals surface area contributed by atoms with Gasteiger partial charge in [-0.1, -0.05) is 26.2 Å². The highest BCUT2D eigenvalue weighted by molar-refractivity contribution is 5.37. The third-order valence-electron chi connectivity index (χ3n) is 4.02. The van der Waals surface area contributed by atoms with Crippen LogP contribution in [0.25, 0.3) is 0 Å². The topological polar surface area (TPSA) is 63.8 Å². The van der Waals surface area contributed by atoms with E-state index < -0.39 is 0 Å². The predicted molar refractivity (Wildman–Crippen MR) is 79.2 cm³/mol. The van der Waals surface area contributed by atoms with Gasteiger partial charge in [-0.3, -0.25) is 0 Å². The van der Waals surface area contributed by atoms with Crippen LogP contribution in [0, 0.1) is 12.8 Å². The monoisotopic (exact) mass is 262 g/mol. The van der Waals surface area contributed by atoms with E-state index in [4.69, 9.17) is 5.73 Å². The number of nitrogens with zero attached hydrogens (tertiary/aromatic N) is 2. The van der Waals surface area contributed by atoms with Crippen molar-refractivity contribution in [2.75, 3.05) is 11.9 Å². The normalized spacial score (nSPS) is 18.3. The van der Waals surface area contributed by atoms with Crippen molar-refractivity contribution in [2.45, 2.75) is 58.4 Å². The number of hydrogen-bond acceptors (Lipinski definition) is 4. The van der Waals surface area contributed by atoms with Gasteiger partial charge in [0.15, 0.2) is 0 Å². The highest BCUT2D eigenvalue weighted by Gasteiger charge is 2.22. The van der Waals surface area contributed by atoms with Crippen LogP contribution >= 0.6 is 0 Å². The maximum absolute atomic E-state index is 5.95. The molecule has 0 spiro atoms. The number of aromatic nitrogens is 2. The fourth-order valence-corrected chi connectivity index (χ4v) is 2.96. The fraction of sp³-hybridized carbons (Fsp3) is 0.733. The first-order chi connectivity index (χ1) is 9.22. The number of nitrogens with two attached hydrogens (primary N) is 1. The van der Waals surface area contributed by atoms with E-state index in [1.807, 2.05) is 13.0 Å². The molecule has 0 aromatic carbocycles. The Kier molecular flexibility index (Phi) is 5.14. The molecule has 0 saturated heterocycles. The molecule has 0 amide bonds. The van der Waals surface area contributed by atoms with E-state index in [-0.39, 0.29) is 0 Å². The lowest BCUT2D eigenvalue weighted by molar-refractivity contribution is 0.320. The summed E-state index contributed by atoms with van der Waals surface area (Å²) in [6.07, 6.45) is 7.50. The summed E-state index contributed by atoms with van der Waals surface area (Å²) >= 11 is 0. The van der Waals surface area contributed by atoms with Crippen molar-refractivity contribution in [3.05, 3.63) is 17.6 Å². The lowest BCUT2D eigenvalue weighted by Crippen LogP contribution is -2.37. The van der Waals surface area contributed by atoms with Crippen LogP contribution in [0.5, 0.6) is 0 Å². The predicted octanol–water partition coefficient (Wildman–Crippen LogP) is 2.67. The van der Waals surface area contributed by atoms with E-state index in [2.05, 4.69) is 22.2 Å². The van der Waals surface area contributed by atoms with Gasteiger partial charge in [-0.05, 0) is 25.7 Å². The molecule has 0 aliphatic heterocycles. The molecule has 19 heavy (non-hydrogen) atoms. The van der Waals surface area contributed by atoms with Crippen LogP contribution in [0.15, 0.2) is 6.07 Å². The molecule has 1 aromatic heterocycles. The molecular formula is C15H26N4. The summed E-state index contributed by atoms with van der Waals surface area (Å²) < 4.78 is 0. The van der Waals surface area contributed by atoms with Crippen molar-refractivity contribution in [3.8, 4) is 0 Å². The van der Waals surface area contributed by atoms with Crippen LogP contribution in [0.3, 0.4) is 0 Å². The van der Waals surface area contributed by atoms with Crippen molar-refractivity contribution in [1.82, 2.24) is 9.97 Å². The lowest BCUT2D eigenvalue weighted by Gasteiger charge is -2.30. The summed E-state index contributed by atoms with van der Waals surface area (Å²) in [5.41, 5.74) is 6.98. The number of rotatable bonds is 5. The number of hydrogen-bond donors (Lipinski definition) is 2. The molecule has 2 rings (SSSR count). The first kappa shape index (κ1) is 14.3. The standard InChI is InChI=1S/C15H26N4/c1-3-14-17-11(2)9-15(19-14)18-13(10-16)12-7-5-4-6-8-12/h9,12-13H,3-8,10,16H2,1-2H3,(H,17,18,19). The van der Waals surface area contributed by atoms with Gasteiger partial charge in [0, 0.05) is 30.8 Å². The van der Waals surface area contributed by atoms with E-state index in [0.717, 1.165) is 23.8 Å². The third kappa shape index (κ3) is 3.90. The Morgan fingerprint density at radius 3 is 2.68 bits per heavy atom. The second kappa shape index (κ2) is 6.85. The van der Waals surface area contributed by atoms with Crippen molar-refractivity contribution in [2.24, 2.45) is 11.7 Å². The molecular weight excluding hydrogens is 236 g/mol. The van der Waals surface area contributed by atoms with Gasteiger partial charge in [-0.15, -0.1) is 0 Å². The zero-order valence-corrected chi connectivity index (χ0v) is 12.2. The number of aryl methyl sites for hydroxylation is 2. The number of anilines is 1. The molecule has 1 atom stereocenters. The van der Waals surface area contributed by atoms with Crippen LogP contribution in [0.1, 0.15) is 50.5 Å². The van der Waals surface area contributed by atoms with Crippen LogP contribution in [-0.4, -0.2) is 22.6 Å². The molecule has 1 saturated carbocycles. The zero-order chi connectivity index (χ0) is 13.7. The summed E-state index contributed by atoms with van der Waals surface area (Å²) in [5.74, 6) is 2.53. The first-order valence-corrected chi connectivity index (χ1v) is 7.54. The van der Waals surface area contributed by atoms with Gasteiger partial charge in [0.05, 0.1) is 0 Å². The van der Waals surface area contributed by atoms with Crippen molar-refractivity contribution in [3.63, 3.8) is 0 Å². The van der Waals surface area contributed by atoms with E-state index in [0.29, 0.717) is 18.5 Å². The molecule has 1 fully saturated rings. The SMILES string of the molecule is CCc1nc(C)cc(NC(CN)C2CCCCC2)n1. The average Bonchev–Trinajstić information content (AvgIpc) is 2.45. The molecule has 1 heterocycles. The Morgan fingerprint density at radius 1 is 1.32 bits per heavy atom. The molecule has 0 radical (unpaired) electrons. The van der Waals surface area contributed by atoms with Crippen LogP contribution in [-0.2, 0) is 6.42 Å². The largest absolute Gasteiger partial charge is 0.366 e. The molecule has 106 valence electrons. The van der Waals surface area contributed by atoms with Gasteiger partial charge < -0.3 is 11.1 Å². The van der Waals surface area contributed by atoms with Crippen molar-refractivity contribution in [1.29, 1.82) is 0 Å². The third-order valence-corrected chi connectivity index (χ3v) is 4.02. The molecule has 3 N–H and O–H groups in total. The van der Waals surface area contributed by atoms with E-state index in [9.17, 15) is 0 Å². The van der Waals surface area contributed by atoms with E-state index >= 15 is 0 Å². The fourth-order valence-electron chi connectivity index (χ4n) is 2.96. The van der Waals surface area contributed by atoms with Gasteiger partial charge >= 0.3 is 0 Å². The molecule has 1 aliphatic carbocycles. The van der Waals surface area contributed by atoms with Crippen LogP contribution in [0.4, 0.5) is 5.82 Å². The minimum atomic E-state index is 0.347. The van der Waals surface area contributed by atoms with Gasteiger partial charge in [0.1, 0.15) is 11.6 Å². The Morgan fingerprint density at radius 2 is 2.05 bits per heavy atom. The smallest absolute Gasteiger partial charge is 0.130 e. The van der Waals surface area contributed by atoms with Gasteiger partial charge in [0.25, 0.3) is 0 Å². The molecule has 1 unspecified atom stereocenters. The summed E-state index contributed by atoms with van der Waals surface area (Å²) in [5, 5.41) is 3.54. The average molecular weight is 262 g/mol. The summed E-state index contributed by atoms with van der Waals surface area (Å²) in [4.78, 5) is 8.97. The highest BCUT2D eigenvalue weighted by Crippen LogP contribution is 2.27. The molecule has 4 nitrogen and oxygen atoms in total. The second-order valence-electron chi connectivity index (χ2n) is 5.55. The maximum atomic E-state index is 5.95. The quantitative estimate of drug-likeness (QED) is 0.856. The van der Waals surface area contributed by atoms with Crippen LogP contribution < -0.4 is 11.1 Å². The Balaban J connectivity index is 2.06. The molecule has 4 heteroatoms. The maximum Gasteiger partial charge on any atom is 0.130 e. The zero-order valence-electron chi connectivity index (χ0n) is 12.2. The summed E-state index contributed by atoms with van der Waals surface area (Å²) in [6, 6.07) is 2.37. The van der Waals surface area contributed by atoms with E-state index in [1.165, 1.54) is 32.1 Å². The minimum Gasteiger partial charge on any atom is -0.366 e. The summed E-state index contributed by atoms with van der Waals surface area (Å²) in [7, 11) is 0. The van der Waals surface area contributed by atoms with Gasteiger partial charge in [-0.2, -0.15) is 0 Å². The molecule has 1 aliphatic rings. The second-order valence-corrected chi connectivity index (χ2v) is 5.55. The van der Waals surface area contributed by atoms with Gasteiger partial charge in [-0.25, -0.2) is 9.97 Å². The minimum absolute atomic E-state index is 0.347. The summed E-state index contributed by atoms with van der Waals surface area (Å²) in [6.45, 7) is 4.78. The lowest BCUT2D eigenvalue weighted by atomic mass is 9.84. The highest BCUT2D eigenvalue weighted by atomic mass is 15.1.